The molecule has 0 unspecified atom stereocenters. The van der Waals surface area contributed by atoms with Crippen LogP contribution in [0.2, 0.25) is 0 Å². The quantitative estimate of drug-likeness (QED) is 0.107. The van der Waals surface area contributed by atoms with E-state index in [0.29, 0.717) is 0 Å². The van der Waals surface area contributed by atoms with E-state index in [1.54, 1.807) is 0 Å². The summed E-state index contributed by atoms with van der Waals surface area (Å²) in [6.45, 7) is 0. The third-order valence-electron chi connectivity index (χ3n) is 23.9. The monoisotopic (exact) mass is 1990 g/mol. The molecular formula is C150H96. The molecule has 0 spiro atoms. The van der Waals surface area contributed by atoms with E-state index in [9.17, 15) is 54.8 Å². The van der Waals surface area contributed by atoms with Gasteiger partial charge in [-0.1, -0.05) is 538 Å². The first-order valence-corrected chi connectivity index (χ1v) is 44.2. The fourth-order valence-electron chi connectivity index (χ4n) is 17.3. The Morgan fingerprint density at radius 1 is 0.0800 bits per heavy atom. The van der Waals surface area contributed by atoms with Crippen LogP contribution in [0, 0.1) is 0 Å². The maximum Gasteiger partial charge on any atom is 0.0636 e. The molecule has 0 heteroatoms. The predicted molar refractivity (Wildman–Crippen MR) is 647 cm³/mol. The van der Waals surface area contributed by atoms with E-state index < -0.39 is 875 Å². The topological polar surface area (TPSA) is 0 Å². The summed E-state index contributed by atoms with van der Waals surface area (Å²) >= 11 is 0. The number of hydrogen-bond donors (Lipinski definition) is 0. The zero-order valence-electron chi connectivity index (χ0n) is 171. The third kappa shape index (κ3) is 15.8. The molecule has 0 radical (unpaired) electrons. The van der Waals surface area contributed by atoms with Gasteiger partial charge >= 0.3 is 0 Å². The van der Waals surface area contributed by atoms with Gasteiger partial charge in [0.2, 0.25) is 0 Å². The normalized spacial score (nSPS) is 20.6. The lowest BCUT2D eigenvalue weighted by Crippen LogP contribution is -1.93. The molecule has 0 aliphatic rings. The van der Waals surface area contributed by atoms with Crippen LogP contribution in [0.1, 0.15) is 132 Å². The van der Waals surface area contributed by atoms with Crippen molar-refractivity contribution in [2.45, 2.75) is 0 Å². The highest BCUT2D eigenvalue weighted by Crippen LogP contribution is 2.53. The Balaban J connectivity index is 0.000000157. The van der Waals surface area contributed by atoms with Crippen LogP contribution in [0.5, 0.6) is 0 Å². The van der Waals surface area contributed by atoms with Gasteiger partial charge in [-0.05, 0) is 337 Å². The zero-order valence-corrected chi connectivity index (χ0v) is 75.0. The number of benzene rings is 30. The maximum absolute atomic E-state index is 10.3. The van der Waals surface area contributed by atoms with E-state index >= 15 is 0 Å². The van der Waals surface area contributed by atoms with Crippen molar-refractivity contribution >= 4 is 162 Å². The van der Waals surface area contributed by atoms with E-state index in [4.69, 9.17) is 76.8 Å². The molecule has 0 aliphatic heterocycles. The SMILES string of the molecule is [2H]c1c([2H])c(-c2c3c([2H])c([2H])c([2H])c([2H])c3c(-c3c([2H])c([2H])c([2H])c4c([2H])c([2H])c([2H])c([2H])c34)c3c([2H])c(-c4c([2H])c([2H])c([2H])c5c([2H])c([2H])c([2H])c([2H])c45)c([2H])c([2H])c23)c([2H])c([2H])c1-c1c([2H])c([2H])c2c([2H])c([2H])c([2H])c([2H])c2c1[2H].[2H]c1c([2H])c(-c2c3c([2H])c([2H])c([2H])c([2H])c3c(-c3c([2H])c([2H])c([2H])c4c([2H])c([2H])c([2H])c([2H])c34)c3c([2H])c([2H])c(-c4c([2H])c([2H])c([2H])c5c([2H])c([2H])c([2H])c([2H])c45)c([2H])c23)c([2H])c([2H])c1-c1c([2H])c([2H])c2c([2H])c([2H])c([2H])c([2H])c2c1[2H].[2H]c1c([2H])c(-c2c3c([2H])c([2H])c([2H])c([2H])c3c(-c3c([2H])c([2H])c([2H])c4c([2H])c([2H])c([2H])c([2H])c34)c3c([2H])c([2H])c(-c4c([2H])c([2H])c5c([2H])c([2H])c([2H])c([2H])c5c4[2H])c([2H])c23)c([2H])c([2H])c1-c1c([2H])c([2H])c2c([2H])c([2H])c([2H])c([2H])c2c1[2H]. The third-order valence-corrected chi connectivity index (χ3v) is 23.9. The van der Waals surface area contributed by atoms with Crippen LogP contribution in [0.15, 0.2) is 580 Å². The van der Waals surface area contributed by atoms with Gasteiger partial charge in [0.05, 0.1) is 132 Å². The highest BCUT2D eigenvalue weighted by Gasteiger charge is 2.26. The molecule has 0 amide bonds. The average molecular weight is 2000 g/mol. The Kier molecular flexibility index (Phi) is 8.53. The Morgan fingerprint density at radius 2 is 0.240 bits per heavy atom. The summed E-state index contributed by atoms with van der Waals surface area (Å²) in [5.41, 5.74) is -21.7. The Bertz CT molecular complexity index is 17000. The summed E-state index contributed by atoms with van der Waals surface area (Å²) in [6, 6.07) is -97.6. The van der Waals surface area contributed by atoms with Gasteiger partial charge in [-0.2, -0.15) is 0 Å². The van der Waals surface area contributed by atoms with Gasteiger partial charge < -0.3 is 0 Å². The molecule has 30 rings (SSSR count). The van der Waals surface area contributed by atoms with Gasteiger partial charge in [-0.3, -0.25) is 0 Å². The lowest BCUT2D eigenvalue weighted by atomic mass is 9.83. The van der Waals surface area contributed by atoms with Crippen LogP contribution in [0.4, 0.5) is 0 Å². The van der Waals surface area contributed by atoms with Crippen molar-refractivity contribution in [2.24, 2.45) is 0 Å². The van der Waals surface area contributed by atoms with Crippen LogP contribution >= 0.6 is 0 Å². The lowest BCUT2D eigenvalue weighted by molar-refractivity contribution is 1.62. The first-order valence-electron chi connectivity index (χ1n) is 92.2. The minimum absolute atomic E-state index is 0.585. The first kappa shape index (κ1) is 34.1. The molecule has 696 valence electrons. The molecule has 0 aromatic heterocycles. The molecule has 0 aliphatic carbocycles. The molecule has 0 bridgehead atoms. The van der Waals surface area contributed by atoms with E-state index in [0.717, 1.165) is 0 Å². The second kappa shape index (κ2) is 37.6. The fourth-order valence-corrected chi connectivity index (χ4v) is 17.3. The zero-order chi connectivity index (χ0) is 183. The molecule has 0 heterocycles. The van der Waals surface area contributed by atoms with Gasteiger partial charge in [0, 0.05) is 0 Å². The molecule has 0 atom stereocenters. The molecule has 0 saturated heterocycles. The Morgan fingerprint density at radius 3 is 0.533 bits per heavy atom. The number of fused-ring (bicyclic) bond motifs is 15. The highest BCUT2D eigenvalue weighted by atomic mass is 14.3. The van der Waals surface area contributed by atoms with Crippen molar-refractivity contribution in [3.8, 4) is 134 Å². The Hall–Kier alpha value is -19.5. The minimum Gasteiger partial charge on any atom is -0.0616 e. The summed E-state index contributed by atoms with van der Waals surface area (Å²) in [4.78, 5) is 0. The minimum atomic E-state index is -1.22. The summed E-state index contributed by atoms with van der Waals surface area (Å²) in [5.74, 6) is 0. The van der Waals surface area contributed by atoms with Crippen molar-refractivity contribution in [2.75, 3.05) is 0 Å². The van der Waals surface area contributed by atoms with Crippen molar-refractivity contribution < 1.29 is 132 Å². The van der Waals surface area contributed by atoms with E-state index in [1.807, 2.05) is 0 Å². The van der Waals surface area contributed by atoms with Crippen molar-refractivity contribution in [3.05, 3.63) is 580 Å². The molecular weight excluding hydrogens is 1800 g/mol. The summed E-state index contributed by atoms with van der Waals surface area (Å²) in [5, 5.41) is -23.1. The Labute approximate surface area is 1010 Å². The summed E-state index contributed by atoms with van der Waals surface area (Å²) in [6.07, 6.45) is 0. The molecule has 30 aromatic rings. The van der Waals surface area contributed by atoms with E-state index in [-0.39, 0.29) is 0 Å². The smallest absolute Gasteiger partial charge is 0.0616 e. The van der Waals surface area contributed by atoms with Crippen LogP contribution in [0.3, 0.4) is 0 Å². The second-order valence-electron chi connectivity index (χ2n) is 32.2. The number of rotatable bonds is 12. The highest BCUT2D eigenvalue weighted by molar-refractivity contribution is 6.28. The van der Waals surface area contributed by atoms with E-state index in [2.05, 4.69) is 0 Å². The molecule has 30 aromatic carbocycles. The predicted octanol–water partition coefficient (Wildman–Crippen LogP) is 42.4. The van der Waals surface area contributed by atoms with Gasteiger partial charge in [0.25, 0.3) is 0 Å². The lowest BCUT2D eigenvalue weighted by Gasteiger charge is -2.20. The molecule has 0 nitrogen and oxygen atoms in total. The number of hydrogen-bond acceptors (Lipinski definition) is 0. The standard InChI is InChI=1S/3C50H32/c1-3-13-38-30-40(26-22-33(38)10-1)35-20-24-37(25-21-35)49-45-17-7-8-18-46(45)50(44-19-9-15-36-12-5-6-16-43(36)44)47-29-28-42(32-48(47)49)41-27-23-34-11-2-4-14-39(34)31-41;1-2-14-38-31-39(28-25-33(38)11-1)34-23-26-37(27-24-34)49-45-19-7-8-20-46(45)50(44-22-10-16-36-13-4-6-18-42(36)44)47-30-29-40(32-48(47)49)43-21-9-15-35-12-3-5-17-41(35)43;1-2-14-38-31-39(28-25-33(38)11-1)34-23-26-37(27-24-34)49-45-19-7-8-20-46(45)50(44-22-10-16-36-13-4-6-18-42(36)44)48-32-40(29-30-47(48)49)43-21-9-15-35-12-3-5-17-41(35)43/h3*1-32H/i3*1D,2D,3D,4D,5D,6D,7D,8D,9D,10D,11D,12D,13D,14D,15D,16D,17D,18D,19D,20D,21D,22D,23D,24D,25D,26D,27D,28D,29D,30D,31D,32D. The van der Waals surface area contributed by atoms with Crippen molar-refractivity contribution in [1.82, 2.24) is 0 Å². The summed E-state index contributed by atoms with van der Waals surface area (Å²) in [7, 11) is 0. The molecule has 150 heavy (non-hydrogen) atoms. The van der Waals surface area contributed by atoms with Gasteiger partial charge in [-0.15, -0.1) is 0 Å². The maximum atomic E-state index is 10.3. The summed E-state index contributed by atoms with van der Waals surface area (Å²) < 4.78 is 872. The van der Waals surface area contributed by atoms with Gasteiger partial charge in [0.1, 0.15) is 0 Å². The fraction of sp³-hybridized carbons (Fsp3) is 0. The van der Waals surface area contributed by atoms with E-state index in [1.165, 1.54) is 0 Å². The van der Waals surface area contributed by atoms with Crippen LogP contribution in [-0.2, 0) is 0 Å². The van der Waals surface area contributed by atoms with Gasteiger partial charge in [0.15, 0.2) is 0 Å². The molecule has 0 saturated carbocycles. The van der Waals surface area contributed by atoms with Crippen molar-refractivity contribution in [3.63, 3.8) is 0 Å². The van der Waals surface area contributed by atoms with Crippen molar-refractivity contribution in [1.29, 1.82) is 0 Å². The van der Waals surface area contributed by atoms with Gasteiger partial charge in [-0.25, -0.2) is 0 Å². The second-order valence-corrected chi connectivity index (χ2v) is 32.2. The van der Waals surface area contributed by atoms with Crippen LogP contribution in [-0.4, -0.2) is 0 Å². The molecule has 0 N–H and O–H groups in total. The largest absolute Gasteiger partial charge is 0.0636 e. The van der Waals surface area contributed by atoms with Crippen LogP contribution in [0.25, 0.3) is 295 Å². The average Bonchev–Trinajstić information content (AvgIpc) is 0.677. The first-order chi connectivity index (χ1) is 114. The van der Waals surface area contributed by atoms with Crippen LogP contribution < -0.4 is 0 Å². The molecule has 0 fully saturated rings.